The van der Waals surface area contributed by atoms with Gasteiger partial charge in [0.1, 0.15) is 6.42 Å². The largest absolute Gasteiger partial charge is 0.481 e. The normalized spacial score (nSPS) is 11.5. The third kappa shape index (κ3) is 24.2. The Morgan fingerprint density at radius 3 is 1.54 bits per heavy atom. The maximum atomic E-state index is 9.43. The monoisotopic (exact) mass is 352 g/mol. The molecule has 24 heavy (non-hydrogen) atoms. The maximum absolute atomic E-state index is 9.43. The number of aliphatic carboxylic acids is 2. The Morgan fingerprint density at radius 1 is 0.750 bits per heavy atom. The van der Waals surface area contributed by atoms with Crippen LogP contribution in [0.25, 0.3) is 0 Å². The average molecular weight is 352 g/mol. The molecule has 0 saturated carbocycles. The van der Waals surface area contributed by atoms with E-state index in [2.05, 4.69) is 13.8 Å². The van der Waals surface area contributed by atoms with E-state index in [1.54, 1.807) is 0 Å². The summed E-state index contributed by atoms with van der Waals surface area (Å²) in [6.45, 7) is 4.62. The van der Waals surface area contributed by atoms with Crippen molar-refractivity contribution in [2.45, 2.75) is 101 Å². The molecule has 0 radical (unpaired) electrons. The van der Waals surface area contributed by atoms with Crippen LogP contribution in [-0.4, -0.2) is 50.1 Å². The van der Waals surface area contributed by atoms with Gasteiger partial charge in [-0.15, -0.1) is 0 Å². The summed E-state index contributed by atoms with van der Waals surface area (Å²) in [7, 11) is 0. The number of hydrogen-bond acceptors (Lipinski definition) is 2. The molecule has 0 heterocycles. The van der Waals surface area contributed by atoms with Gasteiger partial charge < -0.3 is 10.2 Å². The van der Waals surface area contributed by atoms with Crippen LogP contribution in [0.1, 0.15) is 97.3 Å². The van der Waals surface area contributed by atoms with Gasteiger partial charge in [0.25, 0.3) is 0 Å². The molecule has 1 atom stereocenters. The van der Waals surface area contributed by atoms with Crippen molar-refractivity contribution in [3.05, 3.63) is 0 Å². The third-order valence-electron chi connectivity index (χ3n) is 4.31. The predicted molar refractivity (Wildman–Crippen MR) is 101 cm³/mol. The first-order chi connectivity index (χ1) is 11.5. The molecular formula is C19H37NaO4. The molecule has 0 aliphatic heterocycles. The zero-order valence-electron chi connectivity index (χ0n) is 16.2. The van der Waals surface area contributed by atoms with Crippen molar-refractivity contribution < 1.29 is 19.8 Å². The fourth-order valence-electron chi connectivity index (χ4n) is 2.74. The van der Waals surface area contributed by atoms with E-state index in [1.807, 2.05) is 0 Å². The average Bonchev–Trinajstić information content (AvgIpc) is 2.52. The number of unbranched alkanes of at least 4 members (excludes halogenated alkanes) is 8. The molecule has 0 aromatic rings. The van der Waals surface area contributed by atoms with Crippen LogP contribution in [0, 0.1) is 5.92 Å². The standard InChI is InChI=1S/C16H33.C3H4O4.Na/c1-4-6-8-9-10-11-12-13-15-16(3)14-7-5-2;4-2(5)1-3(6)7;/h16H,3-15H2,1-2H3;1H2,(H,4,5)(H,6,7);. The molecule has 0 aliphatic carbocycles. The Balaban J connectivity index is 0. The van der Waals surface area contributed by atoms with E-state index in [-0.39, 0.29) is 0 Å². The Morgan fingerprint density at radius 2 is 1.17 bits per heavy atom. The molecule has 0 rings (SSSR count). The maximum Gasteiger partial charge on any atom is 0.314 e. The van der Waals surface area contributed by atoms with Gasteiger partial charge in [-0.3, -0.25) is 9.59 Å². The Hall–Kier alpha value is -0.0600. The number of hydrogen-bond donors (Lipinski definition) is 2. The third-order valence-corrected chi connectivity index (χ3v) is 5.47. The van der Waals surface area contributed by atoms with Crippen LogP contribution in [-0.2, 0) is 9.59 Å². The van der Waals surface area contributed by atoms with Crippen LogP contribution >= 0.6 is 0 Å². The van der Waals surface area contributed by atoms with Crippen molar-refractivity contribution in [2.24, 2.45) is 5.92 Å². The molecule has 0 aromatic carbocycles. The zero-order chi connectivity index (χ0) is 18.6. The van der Waals surface area contributed by atoms with Gasteiger partial charge in [-0.1, -0.05) is 0 Å². The quantitative estimate of drug-likeness (QED) is 0.233. The van der Waals surface area contributed by atoms with Gasteiger partial charge in [0.05, 0.1) is 0 Å². The van der Waals surface area contributed by atoms with Crippen LogP contribution < -0.4 is 0 Å². The molecule has 0 spiro atoms. The Kier molecular flexibility index (Phi) is 22.9. The number of carbonyl (C=O) groups is 2. The Bertz CT molecular complexity index is 283. The van der Waals surface area contributed by atoms with Crippen molar-refractivity contribution in [1.29, 1.82) is 0 Å². The minimum atomic E-state index is -1.31. The molecule has 1 unspecified atom stereocenters. The smallest absolute Gasteiger partial charge is 0.314 e. The van der Waals surface area contributed by atoms with E-state index in [4.69, 9.17) is 10.2 Å². The molecule has 0 amide bonds. The molecule has 2 N–H and O–H groups in total. The van der Waals surface area contributed by atoms with Gasteiger partial charge in [0, 0.05) is 0 Å². The summed E-state index contributed by atoms with van der Waals surface area (Å²) in [5.74, 6) is -1.54. The molecule has 0 fully saturated rings. The van der Waals surface area contributed by atoms with Gasteiger partial charge in [0.15, 0.2) is 0 Å². The second kappa shape index (κ2) is 21.0. The van der Waals surface area contributed by atoms with Crippen molar-refractivity contribution >= 4 is 39.9 Å². The fourth-order valence-corrected chi connectivity index (χ4v) is 3.56. The molecule has 4 nitrogen and oxygen atoms in total. The fraction of sp³-hybridized carbons (Fsp3) is 0.895. The molecular weight excluding hydrogens is 315 g/mol. The van der Waals surface area contributed by atoms with Crippen LogP contribution in [0.2, 0.25) is 3.67 Å². The number of carboxylic acid groups (broad SMARTS) is 2. The van der Waals surface area contributed by atoms with Crippen LogP contribution in [0.4, 0.5) is 0 Å². The number of rotatable bonds is 15. The molecule has 0 aliphatic rings. The number of carboxylic acids is 2. The predicted octanol–water partition coefficient (Wildman–Crippen LogP) is 5.46. The van der Waals surface area contributed by atoms with E-state index in [1.165, 1.54) is 109 Å². The van der Waals surface area contributed by atoms with Gasteiger partial charge in [-0.25, -0.2) is 0 Å². The topological polar surface area (TPSA) is 74.6 Å². The van der Waals surface area contributed by atoms with Gasteiger partial charge in [-0.2, -0.15) is 0 Å². The molecule has 0 saturated heterocycles. The van der Waals surface area contributed by atoms with Gasteiger partial charge >= 0.3 is 140 Å². The SMILES string of the molecule is CCCCCCCCCCC([CH2][Na])CCCC.O=C(O)CC(=O)O. The van der Waals surface area contributed by atoms with Crippen molar-refractivity contribution in [3.8, 4) is 0 Å². The van der Waals surface area contributed by atoms with Crippen molar-refractivity contribution in [2.75, 3.05) is 0 Å². The van der Waals surface area contributed by atoms with Crippen LogP contribution in [0.15, 0.2) is 0 Å². The van der Waals surface area contributed by atoms with Crippen LogP contribution in [0.5, 0.6) is 0 Å². The Labute approximate surface area is 166 Å². The molecule has 138 valence electrons. The summed E-state index contributed by atoms with van der Waals surface area (Å²) in [5.41, 5.74) is 0. The first kappa shape index (κ1) is 26.2. The summed E-state index contributed by atoms with van der Waals surface area (Å²) < 4.78 is 1.54. The van der Waals surface area contributed by atoms with Crippen molar-refractivity contribution in [1.82, 2.24) is 0 Å². The summed E-state index contributed by atoms with van der Waals surface area (Å²) >= 11 is 1.41. The zero-order valence-corrected chi connectivity index (χ0v) is 18.2. The summed E-state index contributed by atoms with van der Waals surface area (Å²) in [6.07, 6.45) is 16.8. The summed E-state index contributed by atoms with van der Waals surface area (Å²) in [6, 6.07) is 0. The molecule has 0 bridgehead atoms. The van der Waals surface area contributed by atoms with Gasteiger partial charge in [0.2, 0.25) is 0 Å². The molecule has 5 heteroatoms. The van der Waals surface area contributed by atoms with Crippen molar-refractivity contribution in [3.63, 3.8) is 0 Å². The summed E-state index contributed by atoms with van der Waals surface area (Å²) in [4.78, 5) is 18.9. The summed E-state index contributed by atoms with van der Waals surface area (Å²) in [5, 5.41) is 15.4. The van der Waals surface area contributed by atoms with E-state index in [0.717, 1.165) is 5.92 Å². The van der Waals surface area contributed by atoms with E-state index < -0.39 is 18.4 Å². The van der Waals surface area contributed by atoms with Crippen LogP contribution in [0.3, 0.4) is 0 Å². The minimum Gasteiger partial charge on any atom is -0.481 e. The van der Waals surface area contributed by atoms with E-state index in [0.29, 0.717) is 0 Å². The first-order valence-electron chi connectivity index (χ1n) is 9.91. The second-order valence-electron chi connectivity index (χ2n) is 6.64. The minimum absolute atomic E-state index is 0.806. The first-order valence-corrected chi connectivity index (χ1v) is 11.3. The van der Waals surface area contributed by atoms with E-state index in [9.17, 15) is 9.59 Å². The van der Waals surface area contributed by atoms with E-state index >= 15 is 0 Å². The second-order valence-corrected chi connectivity index (χ2v) is 7.46. The van der Waals surface area contributed by atoms with Gasteiger partial charge in [-0.05, 0) is 0 Å². The molecule has 0 aromatic heterocycles.